The van der Waals surface area contributed by atoms with Crippen LogP contribution in [0.4, 0.5) is 17.2 Å². The van der Waals surface area contributed by atoms with E-state index in [0.717, 1.165) is 11.1 Å². The van der Waals surface area contributed by atoms with Gasteiger partial charge in [-0.05, 0) is 43.3 Å². The summed E-state index contributed by atoms with van der Waals surface area (Å²) in [6.45, 7) is 3.27. The zero-order valence-corrected chi connectivity index (χ0v) is 17.7. The smallest absolute Gasteiger partial charge is 0.249 e. The van der Waals surface area contributed by atoms with Gasteiger partial charge in [0.1, 0.15) is 11.9 Å². The summed E-state index contributed by atoms with van der Waals surface area (Å²) in [6.07, 6.45) is -0.0238. The lowest BCUT2D eigenvalue weighted by atomic mass is 10.1. The zero-order chi connectivity index (χ0) is 22.1. The van der Waals surface area contributed by atoms with Crippen LogP contribution < -0.4 is 16.0 Å². The van der Waals surface area contributed by atoms with Crippen LogP contribution in [0.5, 0.6) is 0 Å². The quantitative estimate of drug-likeness (QED) is 0.573. The third-order valence-corrected chi connectivity index (χ3v) is 5.22. The molecule has 0 unspecified atom stereocenters. The van der Waals surface area contributed by atoms with Crippen molar-refractivity contribution in [2.24, 2.45) is 0 Å². The Morgan fingerprint density at radius 3 is 2.29 bits per heavy atom. The molecule has 0 fully saturated rings. The Hall–Kier alpha value is -3.65. The molecule has 1 aromatic heterocycles. The molecular weight excluding hydrogens is 418 g/mol. The second kappa shape index (κ2) is 8.23. The van der Waals surface area contributed by atoms with Crippen molar-refractivity contribution in [2.75, 3.05) is 16.0 Å². The average Bonchev–Trinajstić information content (AvgIpc) is 3.05. The molecule has 0 bridgehead atoms. The van der Waals surface area contributed by atoms with Crippen LogP contribution in [0.2, 0.25) is 5.02 Å². The van der Waals surface area contributed by atoms with Gasteiger partial charge in [-0.25, -0.2) is 4.68 Å². The van der Waals surface area contributed by atoms with Gasteiger partial charge in [-0.2, -0.15) is 5.10 Å². The van der Waals surface area contributed by atoms with Gasteiger partial charge in [-0.1, -0.05) is 23.7 Å². The predicted molar refractivity (Wildman–Crippen MR) is 119 cm³/mol. The number of benzene rings is 2. The van der Waals surface area contributed by atoms with Crippen LogP contribution in [-0.4, -0.2) is 27.5 Å². The molecule has 0 saturated heterocycles. The number of anilines is 3. The summed E-state index contributed by atoms with van der Waals surface area (Å²) >= 11 is 5.98. The van der Waals surface area contributed by atoms with Gasteiger partial charge >= 0.3 is 0 Å². The molecule has 1 aliphatic heterocycles. The van der Waals surface area contributed by atoms with Crippen molar-refractivity contribution < 1.29 is 14.4 Å². The Labute approximate surface area is 183 Å². The van der Waals surface area contributed by atoms with E-state index in [-0.39, 0.29) is 24.1 Å². The molecule has 2 heterocycles. The highest BCUT2D eigenvalue weighted by Gasteiger charge is 2.34. The van der Waals surface area contributed by atoms with Gasteiger partial charge in [0, 0.05) is 34.4 Å². The van der Waals surface area contributed by atoms with Crippen LogP contribution in [0.15, 0.2) is 48.5 Å². The van der Waals surface area contributed by atoms with Crippen molar-refractivity contribution in [3.63, 3.8) is 0 Å². The number of nitrogens with zero attached hydrogens (tertiary/aromatic N) is 2. The first kappa shape index (κ1) is 20.6. The van der Waals surface area contributed by atoms with Gasteiger partial charge in [-0.15, -0.1) is 0 Å². The van der Waals surface area contributed by atoms with E-state index in [1.54, 1.807) is 41.1 Å². The van der Waals surface area contributed by atoms with Crippen molar-refractivity contribution >= 4 is 46.5 Å². The molecule has 2 aromatic carbocycles. The molecule has 8 nitrogen and oxygen atoms in total. The van der Waals surface area contributed by atoms with E-state index in [1.165, 1.54) is 6.92 Å². The minimum atomic E-state index is -0.793. The van der Waals surface area contributed by atoms with Gasteiger partial charge in [0.2, 0.25) is 17.7 Å². The third-order valence-electron chi connectivity index (χ3n) is 4.97. The maximum absolute atomic E-state index is 13.0. The normalized spacial score (nSPS) is 15.1. The summed E-state index contributed by atoms with van der Waals surface area (Å²) in [7, 11) is 0. The molecular formula is C22H20ClN5O3. The van der Waals surface area contributed by atoms with Gasteiger partial charge in [0.25, 0.3) is 0 Å². The van der Waals surface area contributed by atoms with Gasteiger partial charge in [0.05, 0.1) is 12.1 Å². The standard InChI is InChI=1S/C22H20ClN5O3/c1-12-20(14-3-5-15(23)6-4-14)27-28-18(11-19(30)26-21(12)28)22(31)25-17-9-7-16(8-10-17)24-13(2)29/h3-10,18H,11H2,1-2H3,(H,24,29)(H,25,31)(H,26,30)/t18-/m0/s1. The number of hydrogen-bond acceptors (Lipinski definition) is 4. The summed E-state index contributed by atoms with van der Waals surface area (Å²) in [5, 5.41) is 13.5. The maximum atomic E-state index is 13.0. The monoisotopic (exact) mass is 437 g/mol. The number of aromatic nitrogens is 2. The summed E-state index contributed by atoms with van der Waals surface area (Å²) < 4.78 is 1.56. The topological polar surface area (TPSA) is 105 Å². The lowest BCUT2D eigenvalue weighted by Crippen LogP contribution is -2.35. The summed E-state index contributed by atoms with van der Waals surface area (Å²) in [6, 6.07) is 13.2. The highest BCUT2D eigenvalue weighted by atomic mass is 35.5. The Bertz CT molecular complexity index is 1170. The molecule has 4 rings (SSSR count). The van der Waals surface area contributed by atoms with Crippen molar-refractivity contribution in [1.29, 1.82) is 0 Å². The molecule has 1 atom stereocenters. The number of halogens is 1. The van der Waals surface area contributed by atoms with Crippen molar-refractivity contribution in [3.05, 3.63) is 59.1 Å². The van der Waals surface area contributed by atoms with E-state index in [9.17, 15) is 14.4 Å². The molecule has 3 aromatic rings. The van der Waals surface area contributed by atoms with Crippen LogP contribution in [0, 0.1) is 6.92 Å². The fraction of sp³-hybridized carbons (Fsp3) is 0.182. The number of carbonyl (C=O) groups is 3. The van der Waals surface area contributed by atoms with Gasteiger partial charge in [-0.3, -0.25) is 14.4 Å². The minimum Gasteiger partial charge on any atom is -0.326 e. The van der Waals surface area contributed by atoms with E-state index in [1.807, 2.05) is 19.1 Å². The lowest BCUT2D eigenvalue weighted by Gasteiger charge is -2.24. The molecule has 9 heteroatoms. The summed E-state index contributed by atoms with van der Waals surface area (Å²) in [4.78, 5) is 36.4. The maximum Gasteiger partial charge on any atom is 0.249 e. The second-order valence-corrected chi connectivity index (χ2v) is 7.73. The molecule has 0 saturated carbocycles. The van der Waals surface area contributed by atoms with Crippen LogP contribution in [-0.2, 0) is 14.4 Å². The third kappa shape index (κ3) is 4.29. The largest absolute Gasteiger partial charge is 0.326 e. The first-order valence-electron chi connectivity index (χ1n) is 9.65. The van der Waals surface area contributed by atoms with Gasteiger partial charge in [0.15, 0.2) is 0 Å². The molecule has 3 amide bonds. The molecule has 1 aliphatic rings. The van der Waals surface area contributed by atoms with Gasteiger partial charge < -0.3 is 16.0 Å². The first-order chi connectivity index (χ1) is 14.8. The second-order valence-electron chi connectivity index (χ2n) is 7.29. The van der Waals surface area contributed by atoms with Crippen LogP contribution in [0.1, 0.15) is 24.9 Å². The first-order valence-corrected chi connectivity index (χ1v) is 10.0. The molecule has 0 spiro atoms. The fourth-order valence-electron chi connectivity index (χ4n) is 3.49. The molecule has 0 radical (unpaired) electrons. The summed E-state index contributed by atoms with van der Waals surface area (Å²) in [5.41, 5.74) is 3.46. The number of rotatable bonds is 4. The Balaban J connectivity index is 1.60. The molecule has 0 aliphatic carbocycles. The molecule has 158 valence electrons. The zero-order valence-electron chi connectivity index (χ0n) is 16.9. The van der Waals surface area contributed by atoms with Crippen LogP contribution >= 0.6 is 11.6 Å². The van der Waals surface area contributed by atoms with E-state index in [0.29, 0.717) is 27.9 Å². The SMILES string of the molecule is CC(=O)Nc1ccc(NC(=O)[C@@H]2CC(=O)Nc3c(C)c(-c4ccc(Cl)cc4)nn32)cc1. The van der Waals surface area contributed by atoms with Crippen molar-refractivity contribution in [3.8, 4) is 11.3 Å². The fourth-order valence-corrected chi connectivity index (χ4v) is 3.62. The number of hydrogen-bond donors (Lipinski definition) is 3. The summed E-state index contributed by atoms with van der Waals surface area (Å²) in [5.74, 6) is -0.279. The van der Waals surface area contributed by atoms with E-state index in [2.05, 4.69) is 21.0 Å². The Morgan fingerprint density at radius 2 is 1.68 bits per heavy atom. The Morgan fingerprint density at radius 1 is 1.06 bits per heavy atom. The van der Waals surface area contributed by atoms with Crippen molar-refractivity contribution in [1.82, 2.24) is 9.78 Å². The highest BCUT2D eigenvalue weighted by Crippen LogP contribution is 2.34. The van der Waals surface area contributed by atoms with E-state index in [4.69, 9.17) is 11.6 Å². The van der Waals surface area contributed by atoms with E-state index >= 15 is 0 Å². The molecule has 3 N–H and O–H groups in total. The Kier molecular flexibility index (Phi) is 5.48. The van der Waals surface area contributed by atoms with Crippen LogP contribution in [0.3, 0.4) is 0 Å². The lowest BCUT2D eigenvalue weighted by molar-refractivity contribution is -0.125. The molecule has 31 heavy (non-hydrogen) atoms. The van der Waals surface area contributed by atoms with E-state index < -0.39 is 6.04 Å². The highest BCUT2D eigenvalue weighted by molar-refractivity contribution is 6.30. The number of carbonyl (C=O) groups excluding carboxylic acids is 3. The predicted octanol–water partition coefficient (Wildman–Crippen LogP) is 3.99. The number of fused-ring (bicyclic) bond motifs is 1. The van der Waals surface area contributed by atoms with Crippen molar-refractivity contribution in [2.45, 2.75) is 26.3 Å². The van der Waals surface area contributed by atoms with Crippen LogP contribution in [0.25, 0.3) is 11.3 Å². The minimum absolute atomic E-state index is 0.0238. The number of nitrogens with one attached hydrogen (secondary N) is 3. The number of amides is 3. The average molecular weight is 438 g/mol.